The van der Waals surface area contributed by atoms with E-state index in [9.17, 15) is 18.0 Å². The van der Waals surface area contributed by atoms with E-state index < -0.39 is 21.8 Å². The second-order valence-corrected chi connectivity index (χ2v) is 7.22. The van der Waals surface area contributed by atoms with Gasteiger partial charge in [-0.05, 0) is 18.8 Å². The summed E-state index contributed by atoms with van der Waals surface area (Å²) < 4.78 is 22.4. The number of nitrogens with one attached hydrogen (secondary N) is 2. The van der Waals surface area contributed by atoms with Crippen LogP contribution in [0.25, 0.3) is 0 Å². The van der Waals surface area contributed by atoms with Gasteiger partial charge in [0.05, 0.1) is 11.5 Å². The highest BCUT2D eigenvalue weighted by atomic mass is 32.2. The molecule has 0 bridgehead atoms. The SMILES string of the molecule is CC(CCC(=O)O)CNC(=O)NC1CCS(=O)(=O)C1. The van der Waals surface area contributed by atoms with Crippen molar-refractivity contribution in [2.24, 2.45) is 5.92 Å². The Morgan fingerprint density at radius 1 is 1.42 bits per heavy atom. The van der Waals surface area contributed by atoms with E-state index in [1.807, 2.05) is 6.92 Å². The fourth-order valence-electron chi connectivity index (χ4n) is 1.88. The highest BCUT2D eigenvalue weighted by Crippen LogP contribution is 2.11. The third kappa shape index (κ3) is 6.42. The largest absolute Gasteiger partial charge is 0.481 e. The average molecular weight is 292 g/mol. The van der Waals surface area contributed by atoms with Gasteiger partial charge in [0, 0.05) is 19.0 Å². The molecule has 1 heterocycles. The predicted molar refractivity (Wildman–Crippen MR) is 69.6 cm³/mol. The zero-order valence-corrected chi connectivity index (χ0v) is 11.7. The first kappa shape index (κ1) is 15.7. The van der Waals surface area contributed by atoms with Crippen LogP contribution in [0.4, 0.5) is 4.79 Å². The quantitative estimate of drug-likeness (QED) is 0.636. The molecular formula is C11H20N2O5S. The summed E-state index contributed by atoms with van der Waals surface area (Å²) >= 11 is 0. The van der Waals surface area contributed by atoms with Crippen molar-refractivity contribution in [3.8, 4) is 0 Å². The fraction of sp³-hybridized carbons (Fsp3) is 0.818. The summed E-state index contributed by atoms with van der Waals surface area (Å²) in [7, 11) is -3.00. The summed E-state index contributed by atoms with van der Waals surface area (Å²) in [5, 5.41) is 13.8. The highest BCUT2D eigenvalue weighted by molar-refractivity contribution is 7.91. The summed E-state index contributed by atoms with van der Waals surface area (Å²) in [5.41, 5.74) is 0. The zero-order chi connectivity index (χ0) is 14.5. The van der Waals surface area contributed by atoms with Crippen LogP contribution in [-0.2, 0) is 14.6 Å². The summed E-state index contributed by atoms with van der Waals surface area (Å²) in [5.74, 6) is -0.677. The Balaban J connectivity index is 2.19. The third-order valence-corrected chi connectivity index (χ3v) is 4.80. The molecule has 1 aliphatic heterocycles. The number of hydrogen-bond acceptors (Lipinski definition) is 4. The van der Waals surface area contributed by atoms with E-state index in [1.54, 1.807) is 0 Å². The van der Waals surface area contributed by atoms with Crippen molar-refractivity contribution in [2.75, 3.05) is 18.1 Å². The first-order chi connectivity index (χ1) is 8.78. The Morgan fingerprint density at radius 2 is 2.11 bits per heavy atom. The van der Waals surface area contributed by atoms with E-state index in [2.05, 4.69) is 10.6 Å². The molecule has 0 spiro atoms. The van der Waals surface area contributed by atoms with E-state index in [0.717, 1.165) is 0 Å². The van der Waals surface area contributed by atoms with Crippen molar-refractivity contribution in [2.45, 2.75) is 32.2 Å². The third-order valence-electron chi connectivity index (χ3n) is 3.03. The summed E-state index contributed by atoms with van der Waals surface area (Å²) in [6.45, 7) is 2.22. The molecule has 2 unspecified atom stereocenters. The molecule has 0 aliphatic carbocycles. The monoisotopic (exact) mass is 292 g/mol. The van der Waals surface area contributed by atoms with Crippen molar-refractivity contribution < 1.29 is 23.1 Å². The van der Waals surface area contributed by atoms with Crippen LogP contribution in [0, 0.1) is 5.92 Å². The van der Waals surface area contributed by atoms with Gasteiger partial charge in [-0.2, -0.15) is 0 Å². The molecule has 1 saturated heterocycles. The molecule has 0 radical (unpaired) electrons. The fourth-order valence-corrected chi connectivity index (χ4v) is 3.56. The van der Waals surface area contributed by atoms with Crippen LogP contribution in [0.2, 0.25) is 0 Å². The van der Waals surface area contributed by atoms with Crippen molar-refractivity contribution >= 4 is 21.8 Å². The molecule has 2 amide bonds. The average Bonchev–Trinajstić information content (AvgIpc) is 2.63. The number of carboxylic acid groups (broad SMARTS) is 1. The van der Waals surface area contributed by atoms with Gasteiger partial charge < -0.3 is 15.7 Å². The molecule has 1 fully saturated rings. The lowest BCUT2D eigenvalue weighted by Gasteiger charge is -2.14. The predicted octanol–water partition coefficient (Wildman–Crippen LogP) is -0.0264. The summed E-state index contributed by atoms with van der Waals surface area (Å²) in [6.07, 6.45) is 1.02. The van der Waals surface area contributed by atoms with Crippen LogP contribution >= 0.6 is 0 Å². The Bertz CT molecular complexity index is 434. The van der Waals surface area contributed by atoms with Crippen LogP contribution in [0.5, 0.6) is 0 Å². The van der Waals surface area contributed by atoms with Gasteiger partial charge in [-0.15, -0.1) is 0 Å². The maximum absolute atomic E-state index is 11.5. The zero-order valence-electron chi connectivity index (χ0n) is 10.9. The van der Waals surface area contributed by atoms with Crippen molar-refractivity contribution in [3.63, 3.8) is 0 Å². The lowest BCUT2D eigenvalue weighted by atomic mass is 10.1. The van der Waals surface area contributed by atoms with Gasteiger partial charge in [0.1, 0.15) is 0 Å². The minimum absolute atomic E-state index is 0.00497. The number of urea groups is 1. The Hall–Kier alpha value is -1.31. The van der Waals surface area contributed by atoms with Gasteiger partial charge in [-0.25, -0.2) is 13.2 Å². The van der Waals surface area contributed by atoms with Gasteiger partial charge in [0.15, 0.2) is 9.84 Å². The Labute approximate surface area is 112 Å². The summed E-state index contributed by atoms with van der Waals surface area (Å²) in [4.78, 5) is 21.9. The van der Waals surface area contributed by atoms with Crippen LogP contribution in [0.1, 0.15) is 26.2 Å². The van der Waals surface area contributed by atoms with Crippen LogP contribution in [0.15, 0.2) is 0 Å². The summed E-state index contributed by atoms with van der Waals surface area (Å²) in [6, 6.07) is -0.719. The van der Waals surface area contributed by atoms with Gasteiger partial charge in [0.25, 0.3) is 0 Å². The number of carbonyl (C=O) groups is 2. The van der Waals surface area contributed by atoms with Crippen molar-refractivity contribution in [1.82, 2.24) is 10.6 Å². The van der Waals surface area contributed by atoms with Gasteiger partial charge in [-0.3, -0.25) is 4.79 Å². The van der Waals surface area contributed by atoms with E-state index in [-0.39, 0.29) is 29.9 Å². The molecule has 0 aromatic rings. The molecule has 110 valence electrons. The Morgan fingerprint density at radius 3 is 2.63 bits per heavy atom. The maximum atomic E-state index is 11.5. The van der Waals surface area contributed by atoms with Crippen LogP contribution < -0.4 is 10.6 Å². The minimum Gasteiger partial charge on any atom is -0.481 e. The smallest absolute Gasteiger partial charge is 0.315 e. The lowest BCUT2D eigenvalue weighted by Crippen LogP contribution is -2.43. The van der Waals surface area contributed by atoms with Gasteiger partial charge in [-0.1, -0.05) is 6.92 Å². The molecule has 1 aliphatic rings. The molecular weight excluding hydrogens is 272 g/mol. The van der Waals surface area contributed by atoms with Crippen molar-refractivity contribution in [3.05, 3.63) is 0 Å². The van der Waals surface area contributed by atoms with E-state index in [0.29, 0.717) is 19.4 Å². The second-order valence-electron chi connectivity index (χ2n) is 4.99. The molecule has 1 rings (SSSR count). The first-order valence-electron chi connectivity index (χ1n) is 6.25. The lowest BCUT2D eigenvalue weighted by molar-refractivity contribution is -0.137. The number of carbonyl (C=O) groups excluding carboxylic acids is 1. The number of hydrogen-bond donors (Lipinski definition) is 3. The van der Waals surface area contributed by atoms with Crippen LogP contribution in [-0.4, -0.2) is 49.6 Å². The molecule has 7 nitrogen and oxygen atoms in total. The molecule has 3 N–H and O–H groups in total. The molecule has 0 aromatic carbocycles. The van der Waals surface area contributed by atoms with E-state index >= 15 is 0 Å². The highest BCUT2D eigenvalue weighted by Gasteiger charge is 2.28. The number of carboxylic acids is 1. The minimum atomic E-state index is -3.00. The number of rotatable bonds is 6. The number of sulfone groups is 1. The van der Waals surface area contributed by atoms with Crippen LogP contribution in [0.3, 0.4) is 0 Å². The Kier molecular flexibility index (Phi) is 5.59. The standard InChI is InChI=1S/C11H20N2O5S/c1-8(2-3-10(14)15)6-12-11(16)13-9-4-5-19(17,18)7-9/h8-9H,2-7H2,1H3,(H,14,15)(H2,12,13,16). The topological polar surface area (TPSA) is 113 Å². The molecule has 8 heteroatoms. The van der Waals surface area contributed by atoms with E-state index in [4.69, 9.17) is 5.11 Å². The van der Waals surface area contributed by atoms with Crippen molar-refractivity contribution in [1.29, 1.82) is 0 Å². The number of amides is 2. The molecule has 0 saturated carbocycles. The normalized spacial score (nSPS) is 22.7. The molecule has 19 heavy (non-hydrogen) atoms. The molecule has 0 aromatic heterocycles. The van der Waals surface area contributed by atoms with Gasteiger partial charge >= 0.3 is 12.0 Å². The number of aliphatic carboxylic acids is 1. The second kappa shape index (κ2) is 6.74. The van der Waals surface area contributed by atoms with E-state index in [1.165, 1.54) is 0 Å². The molecule has 2 atom stereocenters. The maximum Gasteiger partial charge on any atom is 0.315 e. The van der Waals surface area contributed by atoms with Gasteiger partial charge in [0.2, 0.25) is 0 Å². The first-order valence-corrected chi connectivity index (χ1v) is 8.07.